The molecule has 2 atom stereocenters. The molecule has 4 rings (SSSR count). The number of hydrogen-bond donors (Lipinski definition) is 3. The fourth-order valence-corrected chi connectivity index (χ4v) is 4.44. The maximum Gasteiger partial charge on any atom is 0.252 e. The third-order valence-corrected chi connectivity index (χ3v) is 6.49. The van der Waals surface area contributed by atoms with Crippen LogP contribution in [0.2, 0.25) is 0 Å². The van der Waals surface area contributed by atoms with E-state index in [0.717, 1.165) is 5.56 Å². The van der Waals surface area contributed by atoms with Gasteiger partial charge < -0.3 is 25.4 Å². The monoisotopic (exact) mass is 548 g/mol. The van der Waals surface area contributed by atoms with Crippen LogP contribution >= 0.6 is 0 Å². The van der Waals surface area contributed by atoms with Crippen LogP contribution < -0.4 is 25.4 Å². The third-order valence-electron chi connectivity index (χ3n) is 6.49. The number of methoxy groups -OCH3 is 1. The topological polar surface area (TPSA) is 136 Å². The lowest BCUT2D eigenvalue weighted by Gasteiger charge is -2.24. The van der Waals surface area contributed by atoms with Gasteiger partial charge in [0.05, 0.1) is 26.5 Å². The Morgan fingerprint density at radius 3 is 2.60 bits per heavy atom. The molecule has 11 nitrogen and oxygen atoms in total. The van der Waals surface area contributed by atoms with Gasteiger partial charge in [0.1, 0.15) is 17.8 Å². The van der Waals surface area contributed by atoms with Gasteiger partial charge in [0, 0.05) is 24.9 Å². The zero-order chi connectivity index (χ0) is 28.5. The zero-order valence-electron chi connectivity index (χ0n) is 23.1. The standard InChI is InChI=1S/C29H36N6O5/c1-19(2)14-23-28(37)30-17-22-18-35(34-33-22)12-7-13-40-26-16-21(10-11-25(26)39-3)27(36)31-24(29(38)32-23)15-20-8-5-4-6-9-20/h4-6,8-11,16,18-19,23-24H,7,12-15,17H2,1-3H3,(H,30,37)(H,31,36)(H,32,38)/t23-,24-/m1/s1. The Bertz CT molecular complexity index is 1310. The highest BCUT2D eigenvalue weighted by molar-refractivity contribution is 5.99. The van der Waals surface area contributed by atoms with Gasteiger partial charge in [0.2, 0.25) is 11.8 Å². The summed E-state index contributed by atoms with van der Waals surface area (Å²) in [5.74, 6) is -0.174. The summed E-state index contributed by atoms with van der Waals surface area (Å²) in [4.78, 5) is 40.1. The largest absolute Gasteiger partial charge is 0.493 e. The van der Waals surface area contributed by atoms with Crippen molar-refractivity contribution in [2.24, 2.45) is 5.92 Å². The number of aryl methyl sites for hydroxylation is 1. The Balaban J connectivity index is 1.65. The van der Waals surface area contributed by atoms with E-state index in [-0.39, 0.29) is 24.8 Å². The first-order chi connectivity index (χ1) is 19.3. The molecule has 1 aliphatic heterocycles. The molecule has 2 heterocycles. The molecule has 1 aliphatic rings. The Labute approximate surface area is 233 Å². The molecule has 0 unspecified atom stereocenters. The summed E-state index contributed by atoms with van der Waals surface area (Å²) in [5.41, 5.74) is 1.79. The molecule has 0 spiro atoms. The van der Waals surface area contributed by atoms with Crippen LogP contribution in [-0.4, -0.2) is 58.5 Å². The minimum atomic E-state index is -0.925. The van der Waals surface area contributed by atoms with E-state index in [1.807, 2.05) is 44.2 Å². The molecule has 0 saturated carbocycles. The van der Waals surface area contributed by atoms with Crippen LogP contribution in [0.4, 0.5) is 0 Å². The van der Waals surface area contributed by atoms with E-state index in [4.69, 9.17) is 9.47 Å². The first-order valence-electron chi connectivity index (χ1n) is 13.4. The Morgan fingerprint density at radius 2 is 1.85 bits per heavy atom. The molecule has 0 saturated heterocycles. The molecular formula is C29H36N6O5. The molecule has 0 aliphatic carbocycles. The molecule has 3 aromatic rings. The van der Waals surface area contributed by atoms with Gasteiger partial charge in [-0.1, -0.05) is 49.4 Å². The Hall–Kier alpha value is -4.41. The number of carbonyl (C=O) groups is 3. The maximum atomic E-state index is 13.6. The van der Waals surface area contributed by atoms with Crippen molar-refractivity contribution in [1.29, 1.82) is 0 Å². The van der Waals surface area contributed by atoms with Crippen molar-refractivity contribution in [2.45, 2.75) is 58.3 Å². The minimum absolute atomic E-state index is 0.137. The van der Waals surface area contributed by atoms with Gasteiger partial charge in [0.15, 0.2) is 11.5 Å². The smallest absolute Gasteiger partial charge is 0.252 e. The minimum Gasteiger partial charge on any atom is -0.493 e. The van der Waals surface area contributed by atoms with Crippen molar-refractivity contribution in [3.63, 3.8) is 0 Å². The number of carbonyl (C=O) groups excluding carboxylic acids is 3. The summed E-state index contributed by atoms with van der Waals surface area (Å²) >= 11 is 0. The molecule has 40 heavy (non-hydrogen) atoms. The number of hydrogen-bond acceptors (Lipinski definition) is 7. The Morgan fingerprint density at radius 1 is 1.05 bits per heavy atom. The lowest BCUT2D eigenvalue weighted by atomic mass is 10.0. The van der Waals surface area contributed by atoms with Gasteiger partial charge in [-0.2, -0.15) is 0 Å². The zero-order valence-corrected chi connectivity index (χ0v) is 23.1. The molecule has 0 fully saturated rings. The molecule has 0 radical (unpaired) electrons. The molecule has 3 amide bonds. The molecule has 2 aromatic carbocycles. The van der Waals surface area contributed by atoms with Gasteiger partial charge in [-0.3, -0.25) is 19.1 Å². The highest BCUT2D eigenvalue weighted by Crippen LogP contribution is 2.28. The summed E-state index contributed by atoms with van der Waals surface area (Å²) in [6.45, 7) is 5.03. The number of aromatic nitrogens is 3. The predicted octanol–water partition coefficient (Wildman–Crippen LogP) is 2.26. The molecule has 11 heteroatoms. The highest BCUT2D eigenvalue weighted by Gasteiger charge is 2.28. The van der Waals surface area contributed by atoms with Gasteiger partial charge in [0.25, 0.3) is 5.91 Å². The van der Waals surface area contributed by atoms with Crippen LogP contribution in [0.1, 0.15) is 48.3 Å². The third kappa shape index (κ3) is 7.81. The first kappa shape index (κ1) is 28.6. The number of nitrogens with one attached hydrogen (secondary N) is 3. The van der Waals surface area contributed by atoms with E-state index < -0.39 is 23.9 Å². The van der Waals surface area contributed by atoms with Gasteiger partial charge in [-0.05, 0) is 36.1 Å². The van der Waals surface area contributed by atoms with Crippen LogP contribution in [0.15, 0.2) is 54.7 Å². The molecule has 212 valence electrons. The van der Waals surface area contributed by atoms with Crippen molar-refractivity contribution in [3.05, 3.63) is 71.5 Å². The average molecular weight is 549 g/mol. The number of ether oxygens (including phenoxy) is 2. The van der Waals surface area contributed by atoms with E-state index in [1.54, 1.807) is 29.1 Å². The number of benzene rings is 2. The second-order valence-electron chi connectivity index (χ2n) is 10.2. The van der Waals surface area contributed by atoms with Crippen molar-refractivity contribution in [2.75, 3.05) is 13.7 Å². The van der Waals surface area contributed by atoms with E-state index in [0.29, 0.717) is 48.7 Å². The number of amides is 3. The van der Waals surface area contributed by atoms with E-state index in [9.17, 15) is 14.4 Å². The second-order valence-corrected chi connectivity index (χ2v) is 10.2. The second kappa shape index (κ2) is 13.6. The normalized spacial score (nSPS) is 18.9. The summed E-state index contributed by atoms with van der Waals surface area (Å²) in [6, 6.07) is 12.6. The highest BCUT2D eigenvalue weighted by atomic mass is 16.5. The fourth-order valence-electron chi connectivity index (χ4n) is 4.44. The lowest BCUT2D eigenvalue weighted by Crippen LogP contribution is -2.54. The van der Waals surface area contributed by atoms with Crippen LogP contribution in [0.25, 0.3) is 0 Å². The van der Waals surface area contributed by atoms with Gasteiger partial charge in [-0.25, -0.2) is 0 Å². The van der Waals surface area contributed by atoms with Crippen LogP contribution in [-0.2, 0) is 29.1 Å². The average Bonchev–Trinajstić information content (AvgIpc) is 3.40. The summed E-state index contributed by atoms with van der Waals surface area (Å²) < 4.78 is 13.0. The van der Waals surface area contributed by atoms with Crippen LogP contribution in [0.5, 0.6) is 11.5 Å². The van der Waals surface area contributed by atoms with E-state index in [2.05, 4.69) is 26.3 Å². The fraction of sp³-hybridized carbons (Fsp3) is 0.414. The predicted molar refractivity (Wildman–Crippen MR) is 148 cm³/mol. The quantitative estimate of drug-likeness (QED) is 0.445. The van der Waals surface area contributed by atoms with Crippen molar-refractivity contribution >= 4 is 17.7 Å². The van der Waals surface area contributed by atoms with E-state index in [1.165, 1.54) is 7.11 Å². The number of fused-ring (bicyclic) bond motifs is 4. The Kier molecular flexibility index (Phi) is 9.71. The first-order valence-corrected chi connectivity index (χ1v) is 13.4. The summed E-state index contributed by atoms with van der Waals surface area (Å²) in [5, 5.41) is 16.9. The number of nitrogens with zero attached hydrogens (tertiary/aromatic N) is 3. The number of rotatable bonds is 5. The lowest BCUT2D eigenvalue weighted by molar-refractivity contribution is -0.130. The van der Waals surface area contributed by atoms with Gasteiger partial charge >= 0.3 is 0 Å². The maximum absolute atomic E-state index is 13.6. The molecule has 3 N–H and O–H groups in total. The van der Waals surface area contributed by atoms with Crippen LogP contribution in [0.3, 0.4) is 0 Å². The summed E-state index contributed by atoms with van der Waals surface area (Å²) in [6.07, 6.45) is 3.07. The van der Waals surface area contributed by atoms with Crippen molar-refractivity contribution < 1.29 is 23.9 Å². The molecular weight excluding hydrogens is 512 g/mol. The van der Waals surface area contributed by atoms with Crippen molar-refractivity contribution in [1.82, 2.24) is 30.9 Å². The van der Waals surface area contributed by atoms with Crippen LogP contribution in [0, 0.1) is 5.92 Å². The molecule has 1 aromatic heterocycles. The summed E-state index contributed by atoms with van der Waals surface area (Å²) in [7, 11) is 1.53. The van der Waals surface area contributed by atoms with Gasteiger partial charge in [-0.15, -0.1) is 5.10 Å². The SMILES string of the molecule is COc1ccc2cc1OCCCn1cc(nn1)CNC(=O)[C@@H](CC(C)C)NC(=O)[C@@H](Cc1ccccc1)NC2=O. The molecule has 4 bridgehead atoms. The van der Waals surface area contributed by atoms with E-state index >= 15 is 0 Å². The van der Waals surface area contributed by atoms with Crippen molar-refractivity contribution in [3.8, 4) is 11.5 Å².